The first-order valence-electron chi connectivity index (χ1n) is 18.2. The van der Waals surface area contributed by atoms with E-state index < -0.39 is 36.1 Å². The summed E-state index contributed by atoms with van der Waals surface area (Å²) < 4.78 is 26.7. The van der Waals surface area contributed by atoms with Gasteiger partial charge in [-0.25, -0.2) is 0 Å². The highest BCUT2D eigenvalue weighted by atomic mass is 16.6. The fourth-order valence-electron chi connectivity index (χ4n) is 7.12. The number of benzene rings is 4. The summed E-state index contributed by atoms with van der Waals surface area (Å²) in [6.45, 7) is 1.24. The SMILES string of the molecule is OCCCCCCOC1C(OCc2ccccc2)C(OCc2ccccc2)C(OCc2ccccc2)C(O)(CCc2c[nH]c3ccccc23)C1O. The van der Waals surface area contributed by atoms with Crippen LogP contribution < -0.4 is 0 Å². The van der Waals surface area contributed by atoms with E-state index in [4.69, 9.17) is 18.9 Å². The van der Waals surface area contributed by atoms with Gasteiger partial charge >= 0.3 is 0 Å². The molecule has 0 saturated heterocycles. The van der Waals surface area contributed by atoms with Crippen molar-refractivity contribution in [2.24, 2.45) is 0 Å². The molecule has 8 nitrogen and oxygen atoms in total. The summed E-state index contributed by atoms with van der Waals surface area (Å²) in [5.74, 6) is 0. The lowest BCUT2D eigenvalue weighted by Crippen LogP contribution is -2.72. The number of aryl methyl sites for hydroxylation is 1. The second-order valence-electron chi connectivity index (χ2n) is 13.5. The fourth-order valence-corrected chi connectivity index (χ4v) is 7.12. The van der Waals surface area contributed by atoms with E-state index in [-0.39, 0.29) is 32.8 Å². The van der Waals surface area contributed by atoms with E-state index in [0.29, 0.717) is 13.0 Å². The van der Waals surface area contributed by atoms with Crippen LogP contribution in [0.25, 0.3) is 10.9 Å². The topological polar surface area (TPSA) is 113 Å². The molecule has 4 aromatic carbocycles. The Hall–Kier alpha value is -3.86. The largest absolute Gasteiger partial charge is 0.396 e. The smallest absolute Gasteiger partial charge is 0.122 e. The van der Waals surface area contributed by atoms with Crippen molar-refractivity contribution in [1.29, 1.82) is 0 Å². The molecular formula is C43H51NO7. The Morgan fingerprint density at radius 2 is 1.14 bits per heavy atom. The standard InChI is InChI=1S/C43H51NO7/c45-26-14-1-2-15-27-48-39-38(49-29-32-16-6-3-7-17-32)40(50-30-33-18-8-4-9-19-33)42(51-31-34-20-10-5-11-21-34)43(47,41(39)46)25-24-35-28-44-37-23-13-12-22-36(35)37/h3-13,16-23,28,38-42,44-47H,1-2,14-15,24-27,29-31H2. The molecular weight excluding hydrogens is 642 g/mol. The molecule has 1 aliphatic carbocycles. The van der Waals surface area contributed by atoms with Gasteiger partial charge < -0.3 is 39.3 Å². The maximum atomic E-state index is 12.9. The van der Waals surface area contributed by atoms with Gasteiger partial charge in [0.2, 0.25) is 0 Å². The third-order valence-electron chi connectivity index (χ3n) is 9.94. The first-order valence-corrected chi connectivity index (χ1v) is 18.2. The zero-order chi connectivity index (χ0) is 35.3. The summed E-state index contributed by atoms with van der Waals surface area (Å²) >= 11 is 0. The van der Waals surface area contributed by atoms with Crippen LogP contribution in [0.4, 0.5) is 0 Å². The molecule has 0 bridgehead atoms. The van der Waals surface area contributed by atoms with Crippen LogP contribution in [0.1, 0.15) is 54.4 Å². The molecule has 6 rings (SSSR count). The van der Waals surface area contributed by atoms with Crippen LogP contribution in [-0.4, -0.2) is 69.6 Å². The van der Waals surface area contributed by atoms with Gasteiger partial charge in [-0.2, -0.15) is 0 Å². The number of nitrogens with one attached hydrogen (secondary N) is 1. The number of hydrogen-bond donors (Lipinski definition) is 4. The number of rotatable bonds is 19. The molecule has 6 unspecified atom stereocenters. The Kier molecular flexibility index (Phi) is 13.4. The minimum absolute atomic E-state index is 0.159. The first-order chi connectivity index (χ1) is 25.1. The molecule has 0 aliphatic heterocycles. The molecule has 8 heteroatoms. The lowest BCUT2D eigenvalue weighted by atomic mass is 9.71. The molecule has 0 radical (unpaired) electrons. The van der Waals surface area contributed by atoms with Gasteiger partial charge in [-0.15, -0.1) is 0 Å². The van der Waals surface area contributed by atoms with Crippen LogP contribution in [0.3, 0.4) is 0 Å². The van der Waals surface area contributed by atoms with Crippen molar-refractivity contribution in [3.05, 3.63) is 144 Å². The van der Waals surface area contributed by atoms with Crippen LogP contribution in [0.2, 0.25) is 0 Å². The predicted molar refractivity (Wildman–Crippen MR) is 198 cm³/mol. The molecule has 51 heavy (non-hydrogen) atoms. The van der Waals surface area contributed by atoms with Gasteiger partial charge in [0.1, 0.15) is 36.1 Å². The third-order valence-corrected chi connectivity index (χ3v) is 9.94. The highest BCUT2D eigenvalue weighted by Crippen LogP contribution is 2.41. The van der Waals surface area contributed by atoms with E-state index in [9.17, 15) is 15.3 Å². The number of aliphatic hydroxyl groups excluding tert-OH is 2. The van der Waals surface area contributed by atoms with Crippen molar-refractivity contribution >= 4 is 10.9 Å². The Morgan fingerprint density at radius 3 is 1.76 bits per heavy atom. The van der Waals surface area contributed by atoms with E-state index in [0.717, 1.165) is 58.8 Å². The number of H-pyrrole nitrogens is 1. The average molecular weight is 694 g/mol. The van der Waals surface area contributed by atoms with E-state index >= 15 is 0 Å². The number of aromatic nitrogens is 1. The van der Waals surface area contributed by atoms with E-state index in [2.05, 4.69) is 11.1 Å². The number of para-hydroxylation sites is 1. The minimum atomic E-state index is -1.76. The van der Waals surface area contributed by atoms with Crippen LogP contribution in [0.5, 0.6) is 0 Å². The lowest BCUT2D eigenvalue weighted by molar-refractivity contribution is -0.307. The molecule has 6 atom stereocenters. The van der Waals surface area contributed by atoms with Crippen LogP contribution >= 0.6 is 0 Å². The molecule has 270 valence electrons. The molecule has 5 aromatic rings. The fraction of sp³-hybridized carbons (Fsp3) is 0.395. The van der Waals surface area contributed by atoms with Crippen LogP contribution in [-0.2, 0) is 45.2 Å². The Labute approximate surface area is 301 Å². The van der Waals surface area contributed by atoms with Crippen molar-refractivity contribution in [3.63, 3.8) is 0 Å². The molecule has 1 heterocycles. The van der Waals surface area contributed by atoms with Gasteiger partial charge in [0.15, 0.2) is 0 Å². The average Bonchev–Trinajstić information content (AvgIpc) is 3.60. The normalized spacial score (nSPS) is 23.5. The molecule has 1 fully saturated rings. The van der Waals surface area contributed by atoms with Crippen molar-refractivity contribution in [2.75, 3.05) is 13.2 Å². The van der Waals surface area contributed by atoms with E-state index in [1.165, 1.54) is 0 Å². The molecule has 0 amide bonds. The summed E-state index contributed by atoms with van der Waals surface area (Å²) in [7, 11) is 0. The first kappa shape index (κ1) is 36.9. The maximum absolute atomic E-state index is 12.9. The molecule has 1 aromatic heterocycles. The molecule has 4 N–H and O–H groups in total. The van der Waals surface area contributed by atoms with Gasteiger partial charge in [0, 0.05) is 30.3 Å². The monoisotopic (exact) mass is 693 g/mol. The molecule has 1 aliphatic rings. The van der Waals surface area contributed by atoms with Crippen molar-refractivity contribution < 1.29 is 34.3 Å². The van der Waals surface area contributed by atoms with Gasteiger partial charge in [-0.3, -0.25) is 0 Å². The zero-order valence-corrected chi connectivity index (χ0v) is 29.2. The number of fused-ring (bicyclic) bond motifs is 1. The maximum Gasteiger partial charge on any atom is 0.122 e. The predicted octanol–water partition coefficient (Wildman–Crippen LogP) is 6.90. The quantitative estimate of drug-likeness (QED) is 0.0697. The Balaban J connectivity index is 1.36. The van der Waals surface area contributed by atoms with Crippen molar-refractivity contribution in [2.45, 2.75) is 94.5 Å². The number of hydrogen-bond acceptors (Lipinski definition) is 7. The minimum Gasteiger partial charge on any atom is -0.396 e. The summed E-state index contributed by atoms with van der Waals surface area (Å²) in [6, 6.07) is 37.7. The molecule has 1 saturated carbocycles. The van der Waals surface area contributed by atoms with E-state index in [1.807, 2.05) is 115 Å². The van der Waals surface area contributed by atoms with E-state index in [1.54, 1.807) is 0 Å². The van der Waals surface area contributed by atoms with Gasteiger partial charge in [-0.1, -0.05) is 122 Å². The highest BCUT2D eigenvalue weighted by Gasteiger charge is 2.61. The summed E-state index contributed by atoms with van der Waals surface area (Å²) in [5, 5.41) is 35.6. The Morgan fingerprint density at radius 1 is 0.588 bits per heavy atom. The van der Waals surface area contributed by atoms with Gasteiger partial charge in [0.25, 0.3) is 0 Å². The third kappa shape index (κ3) is 9.53. The molecule has 0 spiro atoms. The zero-order valence-electron chi connectivity index (χ0n) is 29.2. The number of unbranched alkanes of at least 4 members (excludes halogenated alkanes) is 3. The van der Waals surface area contributed by atoms with Crippen molar-refractivity contribution in [3.8, 4) is 0 Å². The summed E-state index contributed by atoms with van der Waals surface area (Å²) in [5.41, 5.74) is 3.17. The number of aromatic amines is 1. The van der Waals surface area contributed by atoms with Gasteiger partial charge in [-0.05, 0) is 54.0 Å². The number of aliphatic hydroxyl groups is 3. The van der Waals surface area contributed by atoms with Crippen LogP contribution in [0, 0.1) is 0 Å². The highest BCUT2D eigenvalue weighted by molar-refractivity contribution is 5.83. The van der Waals surface area contributed by atoms with Crippen LogP contribution in [0.15, 0.2) is 121 Å². The lowest BCUT2D eigenvalue weighted by Gasteiger charge is -2.53. The second-order valence-corrected chi connectivity index (χ2v) is 13.5. The Bertz CT molecular complexity index is 1720. The van der Waals surface area contributed by atoms with Gasteiger partial charge in [0.05, 0.1) is 19.8 Å². The second kappa shape index (κ2) is 18.6. The summed E-state index contributed by atoms with van der Waals surface area (Å²) in [6.07, 6.45) is 1.10. The summed E-state index contributed by atoms with van der Waals surface area (Å²) in [4.78, 5) is 3.34. The number of ether oxygens (including phenoxy) is 4. The van der Waals surface area contributed by atoms with Crippen molar-refractivity contribution in [1.82, 2.24) is 4.98 Å².